The van der Waals surface area contributed by atoms with Gasteiger partial charge in [0.2, 0.25) is 0 Å². The van der Waals surface area contributed by atoms with E-state index in [4.69, 9.17) is 10.2 Å². The second-order valence-electron chi connectivity index (χ2n) is 2.98. The SMILES string of the molecule is Cc1ccc(C(N)c2ccsc2)o1. The zero-order chi connectivity index (χ0) is 9.26. The molecular formula is C10H11NOS. The highest BCUT2D eigenvalue weighted by Crippen LogP contribution is 2.22. The third-order valence-corrected chi connectivity index (χ3v) is 2.67. The largest absolute Gasteiger partial charge is 0.464 e. The van der Waals surface area contributed by atoms with Crippen molar-refractivity contribution in [2.45, 2.75) is 13.0 Å². The van der Waals surface area contributed by atoms with Gasteiger partial charge >= 0.3 is 0 Å². The Balaban J connectivity index is 2.28. The summed E-state index contributed by atoms with van der Waals surface area (Å²) in [5.41, 5.74) is 7.10. The Bertz CT molecular complexity index is 377. The van der Waals surface area contributed by atoms with Crippen molar-refractivity contribution >= 4 is 11.3 Å². The van der Waals surface area contributed by atoms with Crippen LogP contribution in [-0.2, 0) is 0 Å². The molecule has 2 rings (SSSR count). The molecule has 0 spiro atoms. The van der Waals surface area contributed by atoms with Crippen LogP contribution in [0.4, 0.5) is 0 Å². The molecule has 0 aliphatic carbocycles. The first-order chi connectivity index (χ1) is 6.27. The van der Waals surface area contributed by atoms with Crippen LogP contribution in [0.5, 0.6) is 0 Å². The monoisotopic (exact) mass is 193 g/mol. The average molecular weight is 193 g/mol. The lowest BCUT2D eigenvalue weighted by atomic mass is 10.1. The molecule has 3 heteroatoms. The predicted molar refractivity (Wildman–Crippen MR) is 53.8 cm³/mol. The molecule has 2 aromatic rings. The highest BCUT2D eigenvalue weighted by atomic mass is 32.1. The maximum atomic E-state index is 5.99. The fraction of sp³-hybridized carbons (Fsp3) is 0.200. The molecule has 0 saturated heterocycles. The molecule has 0 fully saturated rings. The van der Waals surface area contributed by atoms with Gasteiger partial charge in [0.1, 0.15) is 11.5 Å². The van der Waals surface area contributed by atoms with E-state index in [1.165, 1.54) is 0 Å². The van der Waals surface area contributed by atoms with Crippen molar-refractivity contribution in [1.29, 1.82) is 0 Å². The molecule has 2 N–H and O–H groups in total. The number of hydrogen-bond acceptors (Lipinski definition) is 3. The minimum absolute atomic E-state index is 0.125. The number of rotatable bonds is 2. The van der Waals surface area contributed by atoms with Gasteiger partial charge in [-0.15, -0.1) is 0 Å². The van der Waals surface area contributed by atoms with E-state index in [1.807, 2.05) is 35.9 Å². The van der Waals surface area contributed by atoms with Crippen LogP contribution in [0.3, 0.4) is 0 Å². The number of hydrogen-bond donors (Lipinski definition) is 1. The van der Waals surface area contributed by atoms with E-state index in [0.29, 0.717) is 0 Å². The molecule has 0 aromatic carbocycles. The molecule has 1 atom stereocenters. The maximum Gasteiger partial charge on any atom is 0.125 e. The van der Waals surface area contributed by atoms with Crippen LogP contribution >= 0.6 is 11.3 Å². The van der Waals surface area contributed by atoms with Crippen LogP contribution in [0.1, 0.15) is 23.1 Å². The molecule has 0 amide bonds. The Morgan fingerprint density at radius 3 is 2.77 bits per heavy atom. The summed E-state index contributed by atoms with van der Waals surface area (Å²) in [4.78, 5) is 0. The second-order valence-corrected chi connectivity index (χ2v) is 3.76. The van der Waals surface area contributed by atoms with Crippen LogP contribution < -0.4 is 5.73 Å². The van der Waals surface area contributed by atoms with Crippen LogP contribution in [-0.4, -0.2) is 0 Å². The van der Waals surface area contributed by atoms with Crippen LogP contribution in [0.15, 0.2) is 33.4 Å². The van der Waals surface area contributed by atoms with Crippen molar-refractivity contribution in [3.8, 4) is 0 Å². The zero-order valence-corrected chi connectivity index (χ0v) is 8.17. The van der Waals surface area contributed by atoms with Crippen LogP contribution in [0.2, 0.25) is 0 Å². The van der Waals surface area contributed by atoms with Gasteiger partial charge in [-0.1, -0.05) is 0 Å². The first kappa shape index (κ1) is 8.53. The third-order valence-electron chi connectivity index (χ3n) is 1.97. The van der Waals surface area contributed by atoms with Gasteiger partial charge < -0.3 is 10.2 Å². The molecule has 0 radical (unpaired) electrons. The van der Waals surface area contributed by atoms with Crippen molar-refractivity contribution < 1.29 is 4.42 Å². The van der Waals surface area contributed by atoms with Crippen LogP contribution in [0, 0.1) is 6.92 Å². The van der Waals surface area contributed by atoms with Gasteiger partial charge in [0, 0.05) is 0 Å². The Morgan fingerprint density at radius 2 is 2.23 bits per heavy atom. The van der Waals surface area contributed by atoms with E-state index in [0.717, 1.165) is 17.1 Å². The molecular weight excluding hydrogens is 182 g/mol. The summed E-state index contributed by atoms with van der Waals surface area (Å²) in [5.74, 6) is 1.73. The molecule has 13 heavy (non-hydrogen) atoms. The molecule has 0 aliphatic heterocycles. The van der Waals surface area contributed by atoms with Crippen LogP contribution in [0.25, 0.3) is 0 Å². The minimum atomic E-state index is -0.125. The summed E-state index contributed by atoms with van der Waals surface area (Å²) < 4.78 is 5.45. The van der Waals surface area contributed by atoms with E-state index in [-0.39, 0.29) is 6.04 Å². The number of furan rings is 1. The maximum absolute atomic E-state index is 5.99. The summed E-state index contributed by atoms with van der Waals surface area (Å²) in [6.07, 6.45) is 0. The Labute approximate surface area is 81.0 Å². The van der Waals surface area contributed by atoms with Crippen molar-refractivity contribution in [3.63, 3.8) is 0 Å². The molecule has 68 valence electrons. The lowest BCUT2D eigenvalue weighted by Crippen LogP contribution is -2.09. The summed E-state index contributed by atoms with van der Waals surface area (Å²) in [7, 11) is 0. The predicted octanol–water partition coefficient (Wildman–Crippen LogP) is 2.70. The van der Waals surface area contributed by atoms with Crippen molar-refractivity contribution in [3.05, 3.63) is 46.0 Å². The molecule has 1 unspecified atom stereocenters. The van der Waals surface area contributed by atoms with Gasteiger partial charge in [-0.25, -0.2) is 0 Å². The van der Waals surface area contributed by atoms with Gasteiger partial charge in [-0.2, -0.15) is 11.3 Å². The normalized spacial score (nSPS) is 13.1. The van der Waals surface area contributed by atoms with E-state index >= 15 is 0 Å². The molecule has 2 nitrogen and oxygen atoms in total. The fourth-order valence-corrected chi connectivity index (χ4v) is 1.93. The smallest absolute Gasteiger partial charge is 0.125 e. The van der Waals surface area contributed by atoms with Crippen molar-refractivity contribution in [1.82, 2.24) is 0 Å². The van der Waals surface area contributed by atoms with Crippen molar-refractivity contribution in [2.24, 2.45) is 5.73 Å². The van der Waals surface area contributed by atoms with Gasteiger partial charge in [-0.05, 0) is 41.4 Å². The summed E-state index contributed by atoms with van der Waals surface area (Å²) in [6.45, 7) is 1.92. The number of nitrogens with two attached hydrogens (primary N) is 1. The molecule has 2 heterocycles. The van der Waals surface area contributed by atoms with Gasteiger partial charge in [0.25, 0.3) is 0 Å². The molecule has 2 aromatic heterocycles. The first-order valence-corrected chi connectivity index (χ1v) is 5.05. The Hall–Kier alpha value is -1.06. The topological polar surface area (TPSA) is 39.2 Å². The quantitative estimate of drug-likeness (QED) is 0.796. The minimum Gasteiger partial charge on any atom is -0.464 e. The first-order valence-electron chi connectivity index (χ1n) is 4.11. The number of aryl methyl sites for hydroxylation is 1. The van der Waals surface area contributed by atoms with E-state index < -0.39 is 0 Å². The lowest BCUT2D eigenvalue weighted by molar-refractivity contribution is 0.466. The van der Waals surface area contributed by atoms with E-state index in [9.17, 15) is 0 Å². The highest BCUT2D eigenvalue weighted by Gasteiger charge is 2.12. The number of thiophene rings is 1. The summed E-state index contributed by atoms with van der Waals surface area (Å²) in [6, 6.07) is 5.76. The van der Waals surface area contributed by atoms with Crippen molar-refractivity contribution in [2.75, 3.05) is 0 Å². The van der Waals surface area contributed by atoms with E-state index in [1.54, 1.807) is 11.3 Å². The van der Waals surface area contributed by atoms with Gasteiger partial charge in [0.15, 0.2) is 0 Å². The zero-order valence-electron chi connectivity index (χ0n) is 7.36. The average Bonchev–Trinajstić information content (AvgIpc) is 2.72. The third kappa shape index (κ3) is 1.66. The molecule has 0 bridgehead atoms. The standard InChI is InChI=1S/C10H11NOS/c1-7-2-3-9(12-7)10(11)8-4-5-13-6-8/h2-6,10H,11H2,1H3. The Morgan fingerprint density at radius 1 is 1.38 bits per heavy atom. The molecule has 0 aliphatic rings. The van der Waals surface area contributed by atoms with Gasteiger partial charge in [-0.3, -0.25) is 0 Å². The Kier molecular flexibility index (Phi) is 2.20. The van der Waals surface area contributed by atoms with Gasteiger partial charge in [0.05, 0.1) is 6.04 Å². The fourth-order valence-electron chi connectivity index (χ4n) is 1.24. The highest BCUT2D eigenvalue weighted by molar-refractivity contribution is 7.07. The summed E-state index contributed by atoms with van der Waals surface area (Å²) >= 11 is 1.65. The second kappa shape index (κ2) is 3.36. The van der Waals surface area contributed by atoms with E-state index in [2.05, 4.69) is 0 Å². The lowest BCUT2D eigenvalue weighted by Gasteiger charge is -2.05. The molecule has 0 saturated carbocycles. The summed E-state index contributed by atoms with van der Waals surface area (Å²) in [5, 5.41) is 4.06.